The summed E-state index contributed by atoms with van der Waals surface area (Å²) in [5, 5.41) is 31.2. The molecule has 248 valence electrons. The standard InChI is InChI=1S/2C18H25N3O2/c19-16-12-2-11-7-21(11)13(12)14(22)15(20-16)17-3-9-1-10(4-17)6-18(23,5-9)8-17;19-8-13-2-12-3-14(12)21(13)16(22)15(20)17-4-10-1-11(5-17)7-18(23,6-10)9-17/h9-13,15,23H,1-8H2,(H2,19,20);10-15,23H,1-7,9,20H2. The Morgan fingerprint density at radius 3 is 2.15 bits per heavy atom. The van der Waals surface area contributed by atoms with E-state index in [-0.39, 0.29) is 46.8 Å². The zero-order valence-corrected chi connectivity index (χ0v) is 26.9. The zero-order chi connectivity index (χ0) is 31.5. The molecule has 13 unspecified atom stereocenters. The van der Waals surface area contributed by atoms with Crippen molar-refractivity contribution in [1.82, 2.24) is 9.80 Å². The van der Waals surface area contributed by atoms with Crippen LogP contribution in [-0.2, 0) is 9.59 Å². The number of piperidine rings is 2. The van der Waals surface area contributed by atoms with Gasteiger partial charge in [0.05, 0.1) is 35.2 Å². The lowest BCUT2D eigenvalue weighted by Crippen LogP contribution is -2.64. The Kier molecular flexibility index (Phi) is 5.74. The maximum Gasteiger partial charge on any atom is 0.241 e. The first-order chi connectivity index (χ1) is 21.9. The average molecular weight is 631 g/mol. The first kappa shape index (κ1) is 28.9. The molecular weight excluding hydrogens is 580 g/mol. The van der Waals surface area contributed by atoms with Gasteiger partial charge in [-0.15, -0.1) is 0 Å². The average Bonchev–Trinajstić information content (AvgIpc) is 3.85. The number of carbonyl (C=O) groups is 2. The Labute approximate surface area is 271 Å². The molecule has 0 radical (unpaired) electrons. The monoisotopic (exact) mass is 630 g/mol. The van der Waals surface area contributed by atoms with E-state index >= 15 is 0 Å². The summed E-state index contributed by atoms with van der Waals surface area (Å²) < 4.78 is 0. The summed E-state index contributed by atoms with van der Waals surface area (Å²) in [4.78, 5) is 35.4. The Bertz CT molecular complexity index is 1440. The second-order valence-corrected chi connectivity index (χ2v) is 18.8. The molecule has 10 nitrogen and oxygen atoms in total. The van der Waals surface area contributed by atoms with Crippen LogP contribution in [0.4, 0.5) is 0 Å². The summed E-state index contributed by atoms with van der Waals surface area (Å²) >= 11 is 0. The molecule has 10 heteroatoms. The van der Waals surface area contributed by atoms with Gasteiger partial charge in [0.15, 0.2) is 5.78 Å². The summed E-state index contributed by atoms with van der Waals surface area (Å²) in [5.74, 6) is 3.92. The number of ketones is 1. The molecule has 0 aromatic heterocycles. The van der Waals surface area contributed by atoms with E-state index in [1.54, 1.807) is 4.90 Å². The number of carbonyl (C=O) groups excluding carboxylic acids is 2. The van der Waals surface area contributed by atoms with Gasteiger partial charge in [0, 0.05) is 30.0 Å². The fraction of sp³-hybridized carbons (Fsp3) is 0.889. The summed E-state index contributed by atoms with van der Waals surface area (Å²) in [5.41, 5.74) is 11.4. The summed E-state index contributed by atoms with van der Waals surface area (Å²) in [6.07, 6.45) is 14.5. The molecule has 3 saturated heterocycles. The SMILES string of the molecule is N#CC1CC2CC2N1C(=O)C(N)C12CC3CC(CC(O)(C3)C1)C2.NC1=NC(C23CC4CC(CC(O)(C4)C2)C3)C(=O)C2C1CC1CN12. The van der Waals surface area contributed by atoms with E-state index in [2.05, 4.69) is 11.0 Å². The summed E-state index contributed by atoms with van der Waals surface area (Å²) in [6.45, 7) is 1.06. The fourth-order valence-corrected chi connectivity index (χ4v) is 14.5. The molecule has 6 N–H and O–H groups in total. The molecule has 0 aromatic rings. The highest BCUT2D eigenvalue weighted by atomic mass is 16.3. The minimum absolute atomic E-state index is 0.00912. The lowest BCUT2D eigenvalue weighted by atomic mass is 9.45. The molecule has 9 saturated carbocycles. The van der Waals surface area contributed by atoms with Gasteiger partial charge >= 0.3 is 0 Å². The molecule has 46 heavy (non-hydrogen) atoms. The second-order valence-electron chi connectivity index (χ2n) is 18.8. The highest BCUT2D eigenvalue weighted by molar-refractivity contribution is 6.02. The van der Waals surface area contributed by atoms with Crippen molar-refractivity contribution in [3.63, 3.8) is 0 Å². The van der Waals surface area contributed by atoms with Crippen molar-refractivity contribution < 1.29 is 19.8 Å². The van der Waals surface area contributed by atoms with Gasteiger partial charge in [-0.05, 0) is 131 Å². The van der Waals surface area contributed by atoms with Crippen molar-refractivity contribution in [2.24, 2.45) is 62.8 Å². The van der Waals surface area contributed by atoms with Crippen LogP contribution >= 0.6 is 0 Å². The Hall–Kier alpha value is -2.06. The van der Waals surface area contributed by atoms with Gasteiger partial charge in [0.1, 0.15) is 12.1 Å². The first-order valence-corrected chi connectivity index (χ1v) is 18.4. The number of nitrogens with zero attached hydrogens (tertiary/aromatic N) is 4. The van der Waals surface area contributed by atoms with Gasteiger partial charge in [-0.2, -0.15) is 5.26 Å². The third-order valence-electron chi connectivity index (χ3n) is 15.4. The van der Waals surface area contributed by atoms with Crippen LogP contribution in [0.3, 0.4) is 0 Å². The number of nitrogens with two attached hydrogens (primary N) is 2. The lowest BCUT2D eigenvalue weighted by molar-refractivity contribution is -0.177. The van der Waals surface area contributed by atoms with Crippen LogP contribution in [0.2, 0.25) is 0 Å². The number of Topliss-reactive ketones (excluding diaryl/α,β-unsaturated/α-hetero) is 1. The van der Waals surface area contributed by atoms with Crippen molar-refractivity contribution in [2.45, 2.75) is 144 Å². The van der Waals surface area contributed by atoms with Crippen molar-refractivity contribution in [2.75, 3.05) is 6.54 Å². The van der Waals surface area contributed by atoms with Crippen LogP contribution in [0.15, 0.2) is 4.99 Å². The molecule has 13 atom stereocenters. The van der Waals surface area contributed by atoms with Crippen molar-refractivity contribution in [3.8, 4) is 6.07 Å². The van der Waals surface area contributed by atoms with Crippen LogP contribution in [0, 0.1) is 57.7 Å². The largest absolute Gasteiger partial charge is 0.390 e. The first-order valence-electron chi connectivity index (χ1n) is 18.4. The van der Waals surface area contributed by atoms with E-state index in [4.69, 9.17) is 16.5 Å². The van der Waals surface area contributed by atoms with E-state index < -0.39 is 17.2 Å². The van der Waals surface area contributed by atoms with Crippen LogP contribution in [0.25, 0.3) is 0 Å². The molecule has 8 bridgehead atoms. The number of amidine groups is 1. The minimum Gasteiger partial charge on any atom is -0.390 e. The third kappa shape index (κ3) is 4.04. The van der Waals surface area contributed by atoms with Crippen LogP contribution < -0.4 is 11.5 Å². The maximum absolute atomic E-state index is 13.3. The number of aliphatic imine (C=N–C) groups is 1. The number of aliphatic hydroxyl groups is 2. The van der Waals surface area contributed by atoms with E-state index in [0.29, 0.717) is 47.8 Å². The molecule has 0 aromatic carbocycles. The zero-order valence-electron chi connectivity index (χ0n) is 26.9. The lowest BCUT2D eigenvalue weighted by Gasteiger charge is -2.62. The molecule has 4 heterocycles. The number of hydrogen-bond acceptors (Lipinski definition) is 9. The van der Waals surface area contributed by atoms with E-state index in [0.717, 1.165) is 89.4 Å². The maximum atomic E-state index is 13.3. The minimum atomic E-state index is -0.594. The quantitative estimate of drug-likeness (QED) is 0.343. The second kappa shape index (κ2) is 9.13. The molecule has 13 aliphatic rings. The van der Waals surface area contributed by atoms with Crippen LogP contribution in [0.1, 0.15) is 96.3 Å². The number of rotatable bonds is 3. The van der Waals surface area contributed by atoms with Crippen molar-refractivity contribution >= 4 is 17.5 Å². The van der Waals surface area contributed by atoms with Crippen LogP contribution in [-0.4, -0.2) is 91.5 Å². The third-order valence-corrected chi connectivity index (χ3v) is 15.4. The van der Waals surface area contributed by atoms with Gasteiger partial charge in [-0.25, -0.2) is 0 Å². The van der Waals surface area contributed by atoms with Gasteiger partial charge < -0.3 is 26.6 Å². The van der Waals surface area contributed by atoms with E-state index in [1.807, 2.05) is 0 Å². The highest BCUT2D eigenvalue weighted by Crippen LogP contribution is 2.65. The molecule has 12 fully saturated rings. The number of likely N-dealkylation sites (tertiary alicyclic amines) is 1. The van der Waals surface area contributed by atoms with Gasteiger partial charge in [0.25, 0.3) is 0 Å². The van der Waals surface area contributed by atoms with E-state index in [1.165, 1.54) is 12.8 Å². The van der Waals surface area contributed by atoms with Gasteiger partial charge in [-0.3, -0.25) is 19.5 Å². The number of amides is 1. The van der Waals surface area contributed by atoms with Crippen molar-refractivity contribution in [3.05, 3.63) is 0 Å². The topological polar surface area (TPSA) is 169 Å². The smallest absolute Gasteiger partial charge is 0.241 e. The molecule has 4 aliphatic heterocycles. The Balaban J connectivity index is 0.000000120. The number of fused-ring (bicyclic) bond motifs is 4. The number of hydrogen-bond donors (Lipinski definition) is 4. The predicted octanol–water partition coefficient (Wildman–Crippen LogP) is 1.86. The van der Waals surface area contributed by atoms with E-state index in [9.17, 15) is 25.1 Å². The highest BCUT2D eigenvalue weighted by Gasteiger charge is 2.66. The van der Waals surface area contributed by atoms with Crippen LogP contribution in [0.5, 0.6) is 0 Å². The molecule has 1 amide bonds. The summed E-state index contributed by atoms with van der Waals surface area (Å²) in [7, 11) is 0. The molecular formula is C36H50N6O4. The number of nitriles is 1. The molecule has 13 rings (SSSR count). The fourth-order valence-electron chi connectivity index (χ4n) is 14.5. The van der Waals surface area contributed by atoms with Gasteiger partial charge in [0.2, 0.25) is 5.91 Å². The molecule has 0 spiro atoms. The normalized spacial score (nSPS) is 57.9. The van der Waals surface area contributed by atoms with Crippen molar-refractivity contribution in [1.29, 1.82) is 5.26 Å². The molecule has 9 aliphatic carbocycles. The Morgan fingerprint density at radius 1 is 0.913 bits per heavy atom. The van der Waals surface area contributed by atoms with Gasteiger partial charge in [-0.1, -0.05) is 0 Å². The predicted molar refractivity (Wildman–Crippen MR) is 168 cm³/mol. The summed E-state index contributed by atoms with van der Waals surface area (Å²) in [6, 6.07) is 1.99. The Morgan fingerprint density at radius 2 is 1.54 bits per heavy atom.